The van der Waals surface area contributed by atoms with Gasteiger partial charge < -0.3 is 10.4 Å². The summed E-state index contributed by atoms with van der Waals surface area (Å²) in [5.74, 6) is -0.445. The molecule has 0 aromatic carbocycles. The van der Waals surface area contributed by atoms with Gasteiger partial charge in [-0.3, -0.25) is 9.48 Å². The minimum atomic E-state index is -0.792. The number of aromatic nitrogens is 2. The third kappa shape index (κ3) is 4.63. The summed E-state index contributed by atoms with van der Waals surface area (Å²) < 4.78 is 1.79. The SMILES string of the molecule is CC(C)CC(NCc1cn(C)nc1C(C)(C)C)C(=O)O. The van der Waals surface area contributed by atoms with Crippen molar-refractivity contribution in [3.8, 4) is 0 Å². The van der Waals surface area contributed by atoms with Crippen molar-refractivity contribution < 1.29 is 9.90 Å². The third-order valence-electron chi connectivity index (χ3n) is 3.16. The number of rotatable bonds is 6. The fourth-order valence-corrected chi connectivity index (χ4v) is 2.27. The van der Waals surface area contributed by atoms with Crippen LogP contribution in [0.5, 0.6) is 0 Å². The topological polar surface area (TPSA) is 67.2 Å². The molecule has 0 fully saturated rings. The normalized spacial score (nSPS) is 13.8. The number of aryl methyl sites for hydroxylation is 1. The van der Waals surface area contributed by atoms with Crippen LogP contribution in [0.25, 0.3) is 0 Å². The summed E-state index contributed by atoms with van der Waals surface area (Å²) in [4.78, 5) is 11.3. The van der Waals surface area contributed by atoms with Crippen molar-refractivity contribution in [1.29, 1.82) is 0 Å². The number of carboxylic acid groups (broad SMARTS) is 1. The summed E-state index contributed by atoms with van der Waals surface area (Å²) >= 11 is 0. The van der Waals surface area contributed by atoms with Crippen molar-refractivity contribution in [1.82, 2.24) is 15.1 Å². The Morgan fingerprint density at radius 1 is 1.45 bits per heavy atom. The highest BCUT2D eigenvalue weighted by atomic mass is 16.4. The highest BCUT2D eigenvalue weighted by molar-refractivity contribution is 5.73. The Hall–Kier alpha value is -1.36. The minimum absolute atomic E-state index is 0.0466. The molecule has 0 amide bonds. The summed E-state index contributed by atoms with van der Waals surface area (Å²) in [5.41, 5.74) is 2.03. The number of aliphatic carboxylic acids is 1. The second kappa shape index (κ2) is 6.39. The van der Waals surface area contributed by atoms with Gasteiger partial charge in [0.05, 0.1) is 5.69 Å². The van der Waals surface area contributed by atoms with E-state index >= 15 is 0 Å². The van der Waals surface area contributed by atoms with Crippen molar-refractivity contribution in [2.45, 2.75) is 59.0 Å². The van der Waals surface area contributed by atoms with Crippen LogP contribution in [0.4, 0.5) is 0 Å². The quantitative estimate of drug-likeness (QED) is 0.839. The molecule has 0 saturated heterocycles. The average Bonchev–Trinajstić information content (AvgIpc) is 2.64. The summed E-state index contributed by atoms with van der Waals surface area (Å²) in [7, 11) is 1.89. The molecule has 20 heavy (non-hydrogen) atoms. The Balaban J connectivity index is 2.80. The molecule has 1 unspecified atom stereocenters. The summed E-state index contributed by atoms with van der Waals surface area (Å²) in [6, 6.07) is -0.511. The van der Waals surface area contributed by atoms with Crippen molar-refractivity contribution in [3.05, 3.63) is 17.5 Å². The second-order valence-corrected chi connectivity index (χ2v) is 6.83. The van der Waals surface area contributed by atoms with Gasteiger partial charge in [0.2, 0.25) is 0 Å². The lowest BCUT2D eigenvalue weighted by Crippen LogP contribution is -2.37. The zero-order valence-corrected chi connectivity index (χ0v) is 13.4. The van der Waals surface area contributed by atoms with Gasteiger partial charge in [0.15, 0.2) is 0 Å². The number of carbonyl (C=O) groups is 1. The van der Waals surface area contributed by atoms with Gasteiger partial charge in [0, 0.05) is 30.8 Å². The van der Waals surface area contributed by atoms with Gasteiger partial charge in [-0.2, -0.15) is 5.10 Å². The molecule has 0 aliphatic heterocycles. The molecule has 1 aromatic heterocycles. The molecule has 0 saturated carbocycles. The van der Waals surface area contributed by atoms with Gasteiger partial charge in [0.1, 0.15) is 6.04 Å². The molecule has 1 aromatic rings. The molecule has 1 atom stereocenters. The maximum absolute atomic E-state index is 11.3. The van der Waals surface area contributed by atoms with E-state index in [4.69, 9.17) is 0 Å². The van der Waals surface area contributed by atoms with Gasteiger partial charge >= 0.3 is 5.97 Å². The predicted molar refractivity (Wildman–Crippen MR) is 79.6 cm³/mol. The van der Waals surface area contributed by atoms with E-state index in [9.17, 15) is 9.90 Å². The Labute approximate surface area is 121 Å². The lowest BCUT2D eigenvalue weighted by Gasteiger charge is -2.20. The van der Waals surface area contributed by atoms with Crippen molar-refractivity contribution in [2.24, 2.45) is 13.0 Å². The average molecular weight is 281 g/mol. The molecule has 1 heterocycles. The van der Waals surface area contributed by atoms with Gasteiger partial charge in [-0.15, -0.1) is 0 Å². The van der Waals surface area contributed by atoms with Gasteiger partial charge in [-0.05, 0) is 12.3 Å². The number of nitrogens with one attached hydrogen (secondary N) is 1. The summed E-state index contributed by atoms with van der Waals surface area (Å²) in [6.07, 6.45) is 2.59. The summed E-state index contributed by atoms with van der Waals surface area (Å²) in [5, 5.41) is 16.9. The van der Waals surface area contributed by atoms with E-state index in [0.29, 0.717) is 18.9 Å². The van der Waals surface area contributed by atoms with E-state index in [1.807, 2.05) is 27.1 Å². The van der Waals surface area contributed by atoms with Crippen molar-refractivity contribution in [2.75, 3.05) is 0 Å². The van der Waals surface area contributed by atoms with Crippen LogP contribution in [0, 0.1) is 5.92 Å². The maximum atomic E-state index is 11.3. The van der Waals surface area contributed by atoms with E-state index in [2.05, 4.69) is 31.2 Å². The smallest absolute Gasteiger partial charge is 0.320 e. The van der Waals surface area contributed by atoms with E-state index in [0.717, 1.165) is 11.3 Å². The number of carboxylic acids is 1. The van der Waals surface area contributed by atoms with Gasteiger partial charge in [-0.25, -0.2) is 0 Å². The van der Waals surface area contributed by atoms with Crippen LogP contribution in [-0.4, -0.2) is 26.9 Å². The van der Waals surface area contributed by atoms with Crippen LogP contribution in [0.15, 0.2) is 6.20 Å². The van der Waals surface area contributed by atoms with Crippen LogP contribution < -0.4 is 5.32 Å². The van der Waals surface area contributed by atoms with E-state index in [-0.39, 0.29) is 5.41 Å². The lowest BCUT2D eigenvalue weighted by atomic mass is 9.89. The maximum Gasteiger partial charge on any atom is 0.320 e. The molecule has 0 radical (unpaired) electrons. The molecular weight excluding hydrogens is 254 g/mol. The molecule has 1 rings (SSSR count). The van der Waals surface area contributed by atoms with Gasteiger partial charge in [-0.1, -0.05) is 34.6 Å². The van der Waals surface area contributed by atoms with Crippen molar-refractivity contribution in [3.63, 3.8) is 0 Å². The van der Waals surface area contributed by atoms with Gasteiger partial charge in [0.25, 0.3) is 0 Å². The molecule has 114 valence electrons. The highest BCUT2D eigenvalue weighted by Crippen LogP contribution is 2.24. The first-order chi connectivity index (χ1) is 9.11. The Kier molecular flexibility index (Phi) is 5.34. The molecule has 5 nitrogen and oxygen atoms in total. The standard InChI is InChI=1S/C15H27N3O2/c1-10(2)7-12(14(19)20)16-8-11-9-18(6)17-13(11)15(3,4)5/h9-10,12,16H,7-8H2,1-6H3,(H,19,20). The third-order valence-corrected chi connectivity index (χ3v) is 3.16. The number of hydrogen-bond acceptors (Lipinski definition) is 3. The largest absolute Gasteiger partial charge is 0.480 e. The van der Waals surface area contributed by atoms with Crippen LogP contribution in [-0.2, 0) is 23.8 Å². The Morgan fingerprint density at radius 3 is 2.50 bits per heavy atom. The predicted octanol–water partition coefficient (Wildman–Crippen LogP) is 2.31. The number of hydrogen-bond donors (Lipinski definition) is 2. The lowest BCUT2D eigenvalue weighted by molar-refractivity contribution is -0.140. The zero-order chi connectivity index (χ0) is 15.5. The molecule has 0 spiro atoms. The molecule has 5 heteroatoms. The van der Waals surface area contributed by atoms with Crippen LogP contribution in [0.2, 0.25) is 0 Å². The first-order valence-electron chi connectivity index (χ1n) is 7.10. The Bertz CT molecular complexity index is 458. The zero-order valence-electron chi connectivity index (χ0n) is 13.4. The van der Waals surface area contributed by atoms with Crippen LogP contribution >= 0.6 is 0 Å². The summed E-state index contributed by atoms with van der Waals surface area (Å²) in [6.45, 7) is 10.9. The monoisotopic (exact) mass is 281 g/mol. The molecule has 0 aliphatic carbocycles. The molecular formula is C15H27N3O2. The fourth-order valence-electron chi connectivity index (χ4n) is 2.27. The van der Waals surface area contributed by atoms with Crippen LogP contribution in [0.3, 0.4) is 0 Å². The van der Waals surface area contributed by atoms with E-state index in [1.54, 1.807) is 4.68 Å². The molecule has 0 aliphatic rings. The highest BCUT2D eigenvalue weighted by Gasteiger charge is 2.24. The fraction of sp³-hybridized carbons (Fsp3) is 0.733. The second-order valence-electron chi connectivity index (χ2n) is 6.83. The van der Waals surface area contributed by atoms with Crippen LogP contribution in [0.1, 0.15) is 52.3 Å². The molecule has 2 N–H and O–H groups in total. The van der Waals surface area contributed by atoms with E-state index < -0.39 is 12.0 Å². The minimum Gasteiger partial charge on any atom is -0.480 e. The Morgan fingerprint density at radius 2 is 2.05 bits per heavy atom. The first-order valence-corrected chi connectivity index (χ1v) is 7.10. The first kappa shape index (κ1) is 16.7. The van der Waals surface area contributed by atoms with Crippen molar-refractivity contribution >= 4 is 5.97 Å². The number of nitrogens with zero attached hydrogens (tertiary/aromatic N) is 2. The molecule has 0 bridgehead atoms. The van der Waals surface area contributed by atoms with E-state index in [1.165, 1.54) is 0 Å².